The Morgan fingerprint density at radius 2 is 1.74 bits per heavy atom. The van der Waals surface area contributed by atoms with Gasteiger partial charge in [-0.05, 0) is 29.3 Å². The van der Waals surface area contributed by atoms with Gasteiger partial charge in [0.2, 0.25) is 0 Å². The van der Waals surface area contributed by atoms with Crippen molar-refractivity contribution in [2.24, 2.45) is 5.16 Å². The highest BCUT2D eigenvalue weighted by Crippen LogP contribution is 2.33. The van der Waals surface area contributed by atoms with Crippen molar-refractivity contribution in [2.75, 3.05) is 7.11 Å². The predicted octanol–water partition coefficient (Wildman–Crippen LogP) is 4.69. The molecule has 0 saturated carbocycles. The molecular formula is C19H13ClN2O. The number of halogens is 1. The lowest BCUT2D eigenvalue weighted by molar-refractivity contribution is 0.214. The molecule has 0 unspecified atom stereocenters. The monoisotopic (exact) mass is 320 g/mol. The van der Waals surface area contributed by atoms with Crippen LogP contribution in [0.5, 0.6) is 0 Å². The van der Waals surface area contributed by atoms with Crippen LogP contribution in [0, 0.1) is 11.3 Å². The van der Waals surface area contributed by atoms with E-state index in [0.29, 0.717) is 10.6 Å². The number of benzene rings is 2. The molecule has 0 radical (unpaired) electrons. The highest BCUT2D eigenvalue weighted by atomic mass is 35.5. The Morgan fingerprint density at radius 3 is 2.39 bits per heavy atom. The van der Waals surface area contributed by atoms with Gasteiger partial charge in [-0.3, -0.25) is 0 Å². The molecule has 3 nitrogen and oxygen atoms in total. The summed E-state index contributed by atoms with van der Waals surface area (Å²) in [5, 5.41) is 14.3. The SMILES string of the molecule is CO/N=C1C=C/C(=C(\C#N)c2ccc(Cl)cc2)c2ccccc2\1. The van der Waals surface area contributed by atoms with Gasteiger partial charge >= 0.3 is 0 Å². The maximum absolute atomic E-state index is 9.67. The fourth-order valence-electron chi connectivity index (χ4n) is 2.58. The Labute approximate surface area is 139 Å². The molecule has 23 heavy (non-hydrogen) atoms. The number of hydrogen-bond donors (Lipinski definition) is 0. The van der Waals surface area contributed by atoms with Crippen LogP contribution in [0.25, 0.3) is 11.1 Å². The minimum absolute atomic E-state index is 0.599. The highest BCUT2D eigenvalue weighted by Gasteiger charge is 2.19. The zero-order valence-corrected chi connectivity index (χ0v) is 13.2. The molecule has 0 heterocycles. The van der Waals surface area contributed by atoms with Gasteiger partial charge in [-0.2, -0.15) is 5.26 Å². The molecule has 0 saturated heterocycles. The van der Waals surface area contributed by atoms with E-state index in [1.165, 1.54) is 7.11 Å². The van der Waals surface area contributed by atoms with Gasteiger partial charge in [-0.1, -0.05) is 59.2 Å². The van der Waals surface area contributed by atoms with Crippen molar-refractivity contribution >= 4 is 28.5 Å². The highest BCUT2D eigenvalue weighted by molar-refractivity contribution is 6.30. The Kier molecular flexibility index (Phi) is 4.27. The van der Waals surface area contributed by atoms with Crippen LogP contribution in [0.2, 0.25) is 5.02 Å². The van der Waals surface area contributed by atoms with Crippen LogP contribution < -0.4 is 0 Å². The van der Waals surface area contributed by atoms with Crippen molar-refractivity contribution in [1.82, 2.24) is 0 Å². The van der Waals surface area contributed by atoms with E-state index in [1.54, 1.807) is 12.1 Å². The van der Waals surface area contributed by atoms with Gasteiger partial charge in [0.05, 0.1) is 5.57 Å². The van der Waals surface area contributed by atoms with Crippen molar-refractivity contribution in [1.29, 1.82) is 5.26 Å². The van der Waals surface area contributed by atoms with E-state index >= 15 is 0 Å². The number of allylic oxidation sites excluding steroid dienone is 4. The molecule has 2 aromatic carbocycles. The molecule has 0 N–H and O–H groups in total. The van der Waals surface area contributed by atoms with Gasteiger partial charge < -0.3 is 4.84 Å². The summed E-state index contributed by atoms with van der Waals surface area (Å²) in [7, 11) is 1.52. The van der Waals surface area contributed by atoms with Crippen LogP contribution in [0.3, 0.4) is 0 Å². The first kappa shape index (κ1) is 15.1. The number of nitrogens with zero attached hydrogens (tertiary/aromatic N) is 2. The minimum atomic E-state index is 0.599. The van der Waals surface area contributed by atoms with Crippen molar-refractivity contribution in [3.05, 3.63) is 82.4 Å². The largest absolute Gasteiger partial charge is 0.399 e. The van der Waals surface area contributed by atoms with Crippen LogP contribution >= 0.6 is 11.6 Å². The molecule has 112 valence electrons. The fraction of sp³-hybridized carbons (Fsp3) is 0.0526. The Balaban J connectivity index is 2.23. The van der Waals surface area contributed by atoms with Crippen molar-refractivity contribution in [3.63, 3.8) is 0 Å². The van der Waals surface area contributed by atoms with Crippen LogP contribution in [0.15, 0.2) is 65.8 Å². The average molecular weight is 321 g/mol. The summed E-state index contributed by atoms with van der Waals surface area (Å²) in [6.07, 6.45) is 3.75. The number of rotatable bonds is 2. The third-order valence-corrected chi connectivity index (χ3v) is 3.86. The van der Waals surface area contributed by atoms with Gasteiger partial charge in [0, 0.05) is 16.2 Å². The third kappa shape index (κ3) is 2.90. The third-order valence-electron chi connectivity index (χ3n) is 3.60. The molecule has 4 heteroatoms. The lowest BCUT2D eigenvalue weighted by Gasteiger charge is -2.17. The normalized spacial score (nSPS) is 16.7. The first-order valence-electron chi connectivity index (χ1n) is 7.04. The lowest BCUT2D eigenvalue weighted by Crippen LogP contribution is -2.07. The van der Waals surface area contributed by atoms with E-state index < -0.39 is 0 Å². The summed E-state index contributed by atoms with van der Waals surface area (Å²) in [6.45, 7) is 0. The maximum Gasteiger partial charge on any atom is 0.110 e. The second kappa shape index (κ2) is 6.51. The number of fused-ring (bicyclic) bond motifs is 1. The molecule has 0 spiro atoms. The molecule has 0 amide bonds. The molecule has 1 aliphatic carbocycles. The Hall–Kier alpha value is -2.83. The summed E-state index contributed by atoms with van der Waals surface area (Å²) < 4.78 is 0. The standard InChI is InChI=1S/C19H13ClN2O/c1-23-22-19-11-10-16(15-4-2-3-5-17(15)19)18(12-21)13-6-8-14(20)9-7-13/h2-11H,1H3/b18-16-,22-19+. The molecule has 0 aromatic heterocycles. The topological polar surface area (TPSA) is 45.4 Å². The number of oxime groups is 1. The van der Waals surface area contributed by atoms with Gasteiger partial charge in [-0.15, -0.1) is 0 Å². The van der Waals surface area contributed by atoms with Crippen molar-refractivity contribution in [3.8, 4) is 6.07 Å². The van der Waals surface area contributed by atoms with Crippen molar-refractivity contribution < 1.29 is 4.84 Å². The van der Waals surface area contributed by atoms with Gasteiger partial charge in [0.1, 0.15) is 18.9 Å². The zero-order chi connectivity index (χ0) is 16.2. The van der Waals surface area contributed by atoms with Crippen LogP contribution in [-0.4, -0.2) is 12.8 Å². The number of hydrogen-bond acceptors (Lipinski definition) is 3. The second-order valence-corrected chi connectivity index (χ2v) is 5.38. The molecule has 2 aromatic rings. The average Bonchev–Trinajstić information content (AvgIpc) is 2.59. The minimum Gasteiger partial charge on any atom is -0.399 e. The van der Waals surface area contributed by atoms with E-state index in [1.807, 2.05) is 48.6 Å². The summed E-state index contributed by atoms with van der Waals surface area (Å²) in [5.74, 6) is 0. The molecule has 3 rings (SSSR count). The molecule has 0 fully saturated rings. The first-order chi connectivity index (χ1) is 11.2. The fourth-order valence-corrected chi connectivity index (χ4v) is 2.70. The van der Waals surface area contributed by atoms with Gasteiger partial charge in [0.25, 0.3) is 0 Å². The number of nitriles is 1. The Morgan fingerprint density at radius 1 is 1.04 bits per heavy atom. The molecule has 1 aliphatic rings. The van der Waals surface area contributed by atoms with E-state index in [-0.39, 0.29) is 0 Å². The molecule has 0 aliphatic heterocycles. The molecule has 0 bridgehead atoms. The quantitative estimate of drug-likeness (QED) is 0.595. The summed E-state index contributed by atoms with van der Waals surface area (Å²) >= 11 is 5.94. The van der Waals surface area contributed by atoms with Crippen LogP contribution in [-0.2, 0) is 4.84 Å². The lowest BCUT2D eigenvalue weighted by atomic mass is 9.87. The summed E-state index contributed by atoms with van der Waals surface area (Å²) in [4.78, 5) is 4.90. The molecular weight excluding hydrogens is 308 g/mol. The zero-order valence-electron chi connectivity index (χ0n) is 12.5. The Bertz CT molecular complexity index is 871. The van der Waals surface area contributed by atoms with Crippen LogP contribution in [0.4, 0.5) is 0 Å². The maximum atomic E-state index is 9.67. The smallest absolute Gasteiger partial charge is 0.110 e. The second-order valence-electron chi connectivity index (χ2n) is 4.95. The van der Waals surface area contributed by atoms with E-state index in [9.17, 15) is 5.26 Å². The first-order valence-corrected chi connectivity index (χ1v) is 7.41. The van der Waals surface area contributed by atoms with Crippen LogP contribution in [0.1, 0.15) is 16.7 Å². The van der Waals surface area contributed by atoms with E-state index in [2.05, 4.69) is 11.2 Å². The van der Waals surface area contributed by atoms with Crippen molar-refractivity contribution in [2.45, 2.75) is 0 Å². The summed E-state index contributed by atoms with van der Waals surface area (Å²) in [6, 6.07) is 17.4. The molecule has 0 atom stereocenters. The van der Waals surface area contributed by atoms with Gasteiger partial charge in [-0.25, -0.2) is 0 Å². The van der Waals surface area contributed by atoms with E-state index in [0.717, 1.165) is 28.0 Å². The van der Waals surface area contributed by atoms with Gasteiger partial charge in [0.15, 0.2) is 0 Å². The summed E-state index contributed by atoms with van der Waals surface area (Å²) in [5.41, 5.74) is 4.92. The predicted molar refractivity (Wildman–Crippen MR) is 93.0 cm³/mol. The van der Waals surface area contributed by atoms with E-state index in [4.69, 9.17) is 16.4 Å².